The minimum absolute atomic E-state index is 0.0497. The Morgan fingerprint density at radius 1 is 1.41 bits per heavy atom. The number of amides is 2. The number of fused-ring (bicyclic) bond motifs is 3. The average Bonchev–Trinajstić information content (AvgIpc) is 3.30. The van der Waals surface area contributed by atoms with E-state index < -0.39 is 18.8 Å². The molecule has 0 saturated heterocycles. The highest BCUT2D eigenvalue weighted by molar-refractivity contribution is 6.00. The first kappa shape index (κ1) is 17.6. The molecule has 2 atom stereocenters. The highest BCUT2D eigenvalue weighted by atomic mass is 19.4. The summed E-state index contributed by atoms with van der Waals surface area (Å²) in [5.74, 6) is 0. The molecule has 0 spiro atoms. The fourth-order valence-corrected chi connectivity index (χ4v) is 3.64. The number of urea groups is 1. The zero-order valence-corrected chi connectivity index (χ0v) is 14.5. The van der Waals surface area contributed by atoms with Crippen molar-refractivity contribution in [1.82, 2.24) is 35.2 Å². The average molecular weight is 381 g/mol. The lowest BCUT2D eigenvalue weighted by Crippen LogP contribution is -2.45. The lowest BCUT2D eigenvalue weighted by molar-refractivity contribution is -0.137. The number of nitrogens with one attached hydrogen (secondary N) is 2. The van der Waals surface area contributed by atoms with Crippen molar-refractivity contribution >= 4 is 28.1 Å². The van der Waals surface area contributed by atoms with Gasteiger partial charge in [0.25, 0.3) is 0 Å². The van der Waals surface area contributed by atoms with Crippen LogP contribution in [0.2, 0.25) is 0 Å². The van der Waals surface area contributed by atoms with E-state index in [4.69, 9.17) is 0 Å². The second kappa shape index (κ2) is 6.39. The van der Waals surface area contributed by atoms with Gasteiger partial charge >= 0.3 is 12.2 Å². The quantitative estimate of drug-likeness (QED) is 0.730. The molecule has 8 nitrogen and oxygen atoms in total. The maximum atomic E-state index is 12.4. The van der Waals surface area contributed by atoms with E-state index >= 15 is 0 Å². The van der Waals surface area contributed by atoms with E-state index in [2.05, 4.69) is 25.6 Å². The Labute approximate surface area is 151 Å². The summed E-state index contributed by atoms with van der Waals surface area (Å²) in [6, 6.07) is 1.01. The summed E-state index contributed by atoms with van der Waals surface area (Å²) < 4.78 is 39.2. The topological polar surface area (TPSA) is 91.7 Å². The molecule has 0 aromatic carbocycles. The second-order valence-corrected chi connectivity index (χ2v) is 6.84. The van der Waals surface area contributed by atoms with Gasteiger partial charge in [-0.2, -0.15) is 18.3 Å². The Morgan fingerprint density at radius 2 is 2.22 bits per heavy atom. The van der Waals surface area contributed by atoms with Gasteiger partial charge in [-0.3, -0.25) is 4.68 Å². The molecule has 0 radical (unpaired) electrons. The summed E-state index contributed by atoms with van der Waals surface area (Å²) in [6.07, 6.45) is 0.971. The molecule has 11 heteroatoms. The molecule has 3 aromatic heterocycles. The first-order chi connectivity index (χ1) is 12.8. The van der Waals surface area contributed by atoms with E-state index in [-0.39, 0.29) is 12.1 Å². The monoisotopic (exact) mass is 381 g/mol. The van der Waals surface area contributed by atoms with Crippen molar-refractivity contribution in [2.45, 2.75) is 37.5 Å². The van der Waals surface area contributed by atoms with E-state index in [0.29, 0.717) is 28.9 Å². The Bertz CT molecular complexity index is 979. The van der Waals surface area contributed by atoms with Gasteiger partial charge in [0, 0.05) is 24.7 Å². The smallest absolute Gasteiger partial charge is 0.335 e. The number of hydrogen-bond donors (Lipinski definition) is 2. The van der Waals surface area contributed by atoms with Crippen LogP contribution in [0, 0.1) is 0 Å². The third-order valence-corrected chi connectivity index (χ3v) is 4.87. The molecule has 0 aliphatic heterocycles. The largest absolute Gasteiger partial charge is 0.406 e. The second-order valence-electron chi connectivity index (χ2n) is 6.84. The lowest BCUT2D eigenvalue weighted by Gasteiger charge is -2.22. The summed E-state index contributed by atoms with van der Waals surface area (Å²) in [5.41, 5.74) is 2.24. The maximum Gasteiger partial charge on any atom is 0.406 e. The van der Waals surface area contributed by atoms with E-state index in [1.54, 1.807) is 12.4 Å². The SMILES string of the molecule is CN(CC(F)(F)F)C(=O)NC1CCC(n2[nH]nc3cnc4nccc4c32)C1. The van der Waals surface area contributed by atoms with Crippen LogP contribution >= 0.6 is 0 Å². The van der Waals surface area contributed by atoms with Crippen LogP contribution in [0.15, 0.2) is 18.5 Å². The molecule has 1 aliphatic carbocycles. The zero-order valence-electron chi connectivity index (χ0n) is 14.5. The number of aromatic nitrogens is 5. The van der Waals surface area contributed by atoms with Gasteiger partial charge in [-0.05, 0) is 25.3 Å². The highest BCUT2D eigenvalue weighted by Crippen LogP contribution is 2.33. The maximum absolute atomic E-state index is 12.4. The summed E-state index contributed by atoms with van der Waals surface area (Å²) in [4.78, 5) is 21.1. The minimum atomic E-state index is -4.41. The van der Waals surface area contributed by atoms with E-state index in [1.807, 2.05) is 10.7 Å². The third kappa shape index (κ3) is 3.40. The number of nitrogens with zero attached hydrogens (tertiary/aromatic N) is 5. The van der Waals surface area contributed by atoms with Crippen LogP contribution in [0.3, 0.4) is 0 Å². The normalized spacial score (nSPS) is 20.4. The Kier molecular flexibility index (Phi) is 4.16. The van der Waals surface area contributed by atoms with Crippen molar-refractivity contribution in [2.24, 2.45) is 0 Å². The first-order valence-electron chi connectivity index (χ1n) is 8.56. The van der Waals surface area contributed by atoms with E-state index in [9.17, 15) is 18.0 Å². The van der Waals surface area contributed by atoms with Gasteiger partial charge in [-0.1, -0.05) is 0 Å². The molecule has 2 N–H and O–H groups in total. The van der Waals surface area contributed by atoms with Gasteiger partial charge in [-0.25, -0.2) is 20.0 Å². The van der Waals surface area contributed by atoms with Crippen molar-refractivity contribution < 1.29 is 18.0 Å². The molecule has 4 rings (SSSR count). The van der Waals surface area contributed by atoms with Gasteiger partial charge in [0.05, 0.1) is 17.8 Å². The Hall–Kier alpha value is -2.85. The Balaban J connectivity index is 1.48. The van der Waals surface area contributed by atoms with Crippen molar-refractivity contribution in [2.75, 3.05) is 13.6 Å². The number of alkyl halides is 3. The van der Waals surface area contributed by atoms with Crippen LogP contribution in [-0.2, 0) is 0 Å². The van der Waals surface area contributed by atoms with Crippen molar-refractivity contribution in [3.8, 4) is 0 Å². The van der Waals surface area contributed by atoms with Gasteiger partial charge in [-0.15, -0.1) is 0 Å². The van der Waals surface area contributed by atoms with Crippen LogP contribution in [-0.4, -0.2) is 61.7 Å². The fraction of sp³-hybridized carbons (Fsp3) is 0.500. The number of carbonyl (C=O) groups is 1. The van der Waals surface area contributed by atoms with E-state index in [1.165, 1.54) is 0 Å². The van der Waals surface area contributed by atoms with Crippen LogP contribution in [0.5, 0.6) is 0 Å². The molecule has 27 heavy (non-hydrogen) atoms. The van der Waals surface area contributed by atoms with Crippen LogP contribution in [0.25, 0.3) is 22.1 Å². The number of rotatable bonds is 3. The zero-order chi connectivity index (χ0) is 19.2. The van der Waals surface area contributed by atoms with Gasteiger partial charge in [0.2, 0.25) is 0 Å². The molecule has 1 fully saturated rings. The molecule has 2 amide bonds. The minimum Gasteiger partial charge on any atom is -0.335 e. The summed E-state index contributed by atoms with van der Waals surface area (Å²) in [7, 11) is 1.14. The van der Waals surface area contributed by atoms with Crippen LogP contribution in [0.1, 0.15) is 25.3 Å². The molecule has 144 valence electrons. The number of H-pyrrole nitrogens is 1. The molecule has 1 saturated carbocycles. The number of halogens is 3. The third-order valence-electron chi connectivity index (χ3n) is 4.87. The number of aromatic amines is 1. The molecule has 2 unspecified atom stereocenters. The van der Waals surface area contributed by atoms with Gasteiger partial charge in [0.1, 0.15) is 12.1 Å². The van der Waals surface area contributed by atoms with Crippen molar-refractivity contribution in [3.05, 3.63) is 18.5 Å². The lowest BCUT2D eigenvalue weighted by atomic mass is 10.2. The van der Waals surface area contributed by atoms with Gasteiger partial charge < -0.3 is 10.2 Å². The summed E-state index contributed by atoms with van der Waals surface area (Å²) in [5, 5.41) is 10.8. The highest BCUT2D eigenvalue weighted by Gasteiger charge is 2.33. The number of carbonyl (C=O) groups excluding carboxylic acids is 1. The van der Waals surface area contributed by atoms with Crippen molar-refractivity contribution in [3.63, 3.8) is 0 Å². The number of pyridine rings is 1. The standard InChI is InChI=1S/C16H18F3N7O/c1-25(8-16(17,18)19)15(27)22-9-2-3-10(6-9)26-13-11-4-5-20-14(11)21-7-12(13)23-24-26/h4-5,7,9-10,24H,2-3,6,8H2,1H3,(H,22,27). The Morgan fingerprint density at radius 3 is 3.00 bits per heavy atom. The first-order valence-corrected chi connectivity index (χ1v) is 8.56. The molecule has 0 bridgehead atoms. The number of hydrogen-bond acceptors (Lipinski definition) is 4. The molecular formula is C16H18F3N7O. The summed E-state index contributed by atoms with van der Waals surface area (Å²) in [6.45, 7) is -1.27. The van der Waals surface area contributed by atoms with Crippen LogP contribution in [0.4, 0.5) is 18.0 Å². The van der Waals surface area contributed by atoms with Crippen LogP contribution < -0.4 is 5.32 Å². The molecular weight excluding hydrogens is 363 g/mol. The predicted molar refractivity (Wildman–Crippen MR) is 91.1 cm³/mol. The van der Waals surface area contributed by atoms with E-state index in [0.717, 1.165) is 24.4 Å². The van der Waals surface area contributed by atoms with Gasteiger partial charge in [0.15, 0.2) is 5.65 Å². The predicted octanol–water partition coefficient (Wildman–Crippen LogP) is 2.60. The fourth-order valence-electron chi connectivity index (χ4n) is 3.64. The molecule has 3 aromatic rings. The molecule has 1 aliphatic rings. The summed E-state index contributed by atoms with van der Waals surface area (Å²) >= 11 is 0. The van der Waals surface area contributed by atoms with Crippen molar-refractivity contribution in [1.29, 1.82) is 0 Å². The molecule has 3 heterocycles.